The molecule has 0 spiro atoms. The van der Waals surface area contributed by atoms with Crippen LogP contribution in [0, 0.1) is 6.92 Å². The van der Waals surface area contributed by atoms with Crippen LogP contribution < -0.4 is 4.90 Å². The van der Waals surface area contributed by atoms with Gasteiger partial charge in [-0.25, -0.2) is 4.98 Å². The number of thiazole rings is 1. The summed E-state index contributed by atoms with van der Waals surface area (Å²) in [5, 5.41) is 1.35. The summed E-state index contributed by atoms with van der Waals surface area (Å²) in [7, 11) is 0. The maximum atomic E-state index is 13.9. The van der Waals surface area contributed by atoms with Gasteiger partial charge in [-0.05, 0) is 42.5 Å². The highest BCUT2D eigenvalue weighted by atomic mass is 35.5. The molecule has 4 aromatic rings. The van der Waals surface area contributed by atoms with Gasteiger partial charge in [-0.15, -0.1) is 0 Å². The number of benzene rings is 3. The molecule has 1 aliphatic heterocycles. The van der Waals surface area contributed by atoms with E-state index in [1.54, 1.807) is 0 Å². The first-order chi connectivity index (χ1) is 16.6. The SMILES string of the molecule is Cc1ccc(Cl)c2sc(N(CC3CCCO3)C(=O)CC(c3ccccc3)c3ccccc3)nc12. The average Bonchev–Trinajstić information content (AvgIpc) is 3.55. The number of halogens is 1. The molecule has 1 unspecified atom stereocenters. The van der Waals surface area contributed by atoms with Crippen molar-refractivity contribution in [3.05, 3.63) is 94.5 Å². The van der Waals surface area contributed by atoms with E-state index in [1.165, 1.54) is 11.3 Å². The fraction of sp³-hybridized carbons (Fsp3) is 0.286. The summed E-state index contributed by atoms with van der Waals surface area (Å²) in [6, 6.07) is 24.4. The van der Waals surface area contributed by atoms with Gasteiger partial charge in [0, 0.05) is 18.9 Å². The summed E-state index contributed by atoms with van der Waals surface area (Å²) in [6.45, 7) is 3.27. The van der Waals surface area contributed by atoms with E-state index in [9.17, 15) is 4.79 Å². The van der Waals surface area contributed by atoms with Crippen molar-refractivity contribution in [1.82, 2.24) is 4.98 Å². The highest BCUT2D eigenvalue weighted by Crippen LogP contribution is 2.37. The van der Waals surface area contributed by atoms with Gasteiger partial charge in [-0.1, -0.05) is 89.7 Å². The third-order valence-corrected chi connectivity index (χ3v) is 7.95. The van der Waals surface area contributed by atoms with Crippen molar-refractivity contribution in [3.8, 4) is 0 Å². The van der Waals surface area contributed by atoms with Crippen molar-refractivity contribution < 1.29 is 9.53 Å². The van der Waals surface area contributed by atoms with Gasteiger partial charge >= 0.3 is 0 Å². The molecule has 1 aliphatic rings. The Bertz CT molecular complexity index is 1190. The number of hydrogen-bond acceptors (Lipinski definition) is 4. The first kappa shape index (κ1) is 23.0. The predicted octanol–water partition coefficient (Wildman–Crippen LogP) is 6.99. The molecule has 174 valence electrons. The number of anilines is 1. The minimum absolute atomic E-state index is 0.0273. The molecule has 6 heteroatoms. The third kappa shape index (κ3) is 4.88. The largest absolute Gasteiger partial charge is 0.376 e. The van der Waals surface area contributed by atoms with Crippen LogP contribution in [0.15, 0.2) is 72.8 Å². The van der Waals surface area contributed by atoms with Crippen LogP contribution in [0.5, 0.6) is 0 Å². The van der Waals surface area contributed by atoms with Crippen molar-refractivity contribution >= 4 is 44.2 Å². The molecule has 1 saturated heterocycles. The Morgan fingerprint density at radius 3 is 2.35 bits per heavy atom. The number of carbonyl (C=O) groups excluding carboxylic acids is 1. The van der Waals surface area contributed by atoms with E-state index in [-0.39, 0.29) is 17.9 Å². The molecule has 1 amide bonds. The molecule has 3 aromatic carbocycles. The zero-order valence-corrected chi connectivity index (χ0v) is 20.7. The molecule has 1 atom stereocenters. The topological polar surface area (TPSA) is 42.4 Å². The Hall–Kier alpha value is -2.73. The minimum Gasteiger partial charge on any atom is -0.376 e. The van der Waals surface area contributed by atoms with Crippen molar-refractivity contribution in [3.63, 3.8) is 0 Å². The molecule has 2 heterocycles. The maximum Gasteiger partial charge on any atom is 0.229 e. The fourth-order valence-electron chi connectivity index (χ4n) is 4.57. The van der Waals surface area contributed by atoms with Crippen molar-refractivity contribution in [1.29, 1.82) is 0 Å². The number of rotatable bonds is 7. The van der Waals surface area contributed by atoms with Crippen LogP contribution in [0.4, 0.5) is 5.13 Å². The molecule has 0 radical (unpaired) electrons. The Balaban J connectivity index is 1.51. The summed E-state index contributed by atoms with van der Waals surface area (Å²) in [5.41, 5.74) is 4.17. The minimum atomic E-state index is -0.0402. The number of aryl methyl sites for hydroxylation is 1. The van der Waals surface area contributed by atoms with E-state index >= 15 is 0 Å². The third-order valence-electron chi connectivity index (χ3n) is 6.41. The van der Waals surface area contributed by atoms with Crippen LogP contribution in [0.1, 0.15) is 41.9 Å². The lowest BCUT2D eigenvalue weighted by molar-refractivity contribution is -0.119. The molecule has 1 fully saturated rings. The van der Waals surface area contributed by atoms with Crippen molar-refractivity contribution in [2.75, 3.05) is 18.1 Å². The van der Waals surface area contributed by atoms with E-state index in [2.05, 4.69) is 24.3 Å². The Morgan fingerprint density at radius 2 is 1.76 bits per heavy atom. The maximum absolute atomic E-state index is 13.9. The molecular weight excluding hydrogens is 464 g/mol. The van der Waals surface area contributed by atoms with Gasteiger partial charge in [0.15, 0.2) is 5.13 Å². The molecule has 5 rings (SSSR count). The van der Waals surface area contributed by atoms with Gasteiger partial charge in [-0.3, -0.25) is 9.69 Å². The normalized spacial score (nSPS) is 15.8. The van der Waals surface area contributed by atoms with Gasteiger partial charge in [0.1, 0.15) is 0 Å². The summed E-state index contributed by atoms with van der Waals surface area (Å²) < 4.78 is 6.83. The van der Waals surface area contributed by atoms with Gasteiger partial charge in [0.25, 0.3) is 0 Å². The number of aromatic nitrogens is 1. The molecule has 0 saturated carbocycles. The van der Waals surface area contributed by atoms with Gasteiger partial charge < -0.3 is 4.74 Å². The highest BCUT2D eigenvalue weighted by molar-refractivity contribution is 7.23. The monoisotopic (exact) mass is 490 g/mol. The van der Waals surface area contributed by atoms with Crippen LogP contribution in [0.25, 0.3) is 10.2 Å². The van der Waals surface area contributed by atoms with Crippen LogP contribution in [0.3, 0.4) is 0 Å². The molecule has 4 nitrogen and oxygen atoms in total. The van der Waals surface area contributed by atoms with Crippen molar-refractivity contribution in [2.24, 2.45) is 0 Å². The number of hydrogen-bond donors (Lipinski definition) is 0. The van der Waals surface area contributed by atoms with E-state index < -0.39 is 0 Å². The lowest BCUT2D eigenvalue weighted by Gasteiger charge is -2.26. The smallest absolute Gasteiger partial charge is 0.229 e. The predicted molar refractivity (Wildman–Crippen MR) is 140 cm³/mol. The average molecular weight is 491 g/mol. The Labute approximate surface area is 209 Å². The number of amides is 1. The summed E-state index contributed by atoms with van der Waals surface area (Å²) in [6.07, 6.45) is 2.35. The summed E-state index contributed by atoms with van der Waals surface area (Å²) in [4.78, 5) is 20.6. The number of nitrogens with zero attached hydrogens (tertiary/aromatic N) is 2. The Kier molecular flexibility index (Phi) is 6.95. The fourth-order valence-corrected chi connectivity index (χ4v) is 5.91. The van der Waals surface area contributed by atoms with E-state index in [4.69, 9.17) is 21.3 Å². The highest BCUT2D eigenvalue weighted by Gasteiger charge is 2.29. The quantitative estimate of drug-likeness (QED) is 0.280. The van der Waals surface area contributed by atoms with E-state index in [0.717, 1.165) is 46.4 Å². The first-order valence-electron chi connectivity index (χ1n) is 11.7. The molecule has 34 heavy (non-hydrogen) atoms. The van der Waals surface area contributed by atoms with E-state index in [0.29, 0.717) is 23.1 Å². The lowest BCUT2D eigenvalue weighted by Crippen LogP contribution is -2.38. The van der Waals surface area contributed by atoms with Crippen molar-refractivity contribution in [2.45, 2.75) is 38.2 Å². The van der Waals surface area contributed by atoms with Gasteiger partial charge in [0.2, 0.25) is 5.91 Å². The first-order valence-corrected chi connectivity index (χ1v) is 12.9. The number of fused-ring (bicyclic) bond motifs is 1. The Morgan fingerprint density at radius 1 is 1.09 bits per heavy atom. The van der Waals surface area contributed by atoms with Gasteiger partial charge in [-0.2, -0.15) is 0 Å². The molecule has 1 aromatic heterocycles. The summed E-state index contributed by atoms with van der Waals surface area (Å²) >= 11 is 7.97. The zero-order valence-electron chi connectivity index (χ0n) is 19.1. The second-order valence-corrected chi connectivity index (χ2v) is 10.1. The summed E-state index contributed by atoms with van der Waals surface area (Å²) in [5.74, 6) is 0.00244. The number of ether oxygens (including phenoxy) is 1. The van der Waals surface area contributed by atoms with E-state index in [1.807, 2.05) is 60.4 Å². The van der Waals surface area contributed by atoms with Crippen LogP contribution in [-0.4, -0.2) is 30.1 Å². The molecule has 0 aliphatic carbocycles. The zero-order chi connectivity index (χ0) is 23.5. The number of carbonyl (C=O) groups is 1. The van der Waals surface area contributed by atoms with Gasteiger partial charge in [0.05, 0.1) is 27.9 Å². The lowest BCUT2D eigenvalue weighted by atomic mass is 9.88. The molecule has 0 bridgehead atoms. The second kappa shape index (κ2) is 10.3. The van der Waals surface area contributed by atoms with Crippen LogP contribution in [-0.2, 0) is 9.53 Å². The standard InChI is InChI=1S/C28H27ClN2O2S/c1-19-14-15-24(29)27-26(19)30-28(34-27)31(18-22-13-8-16-33-22)25(32)17-23(20-9-4-2-5-10-20)21-11-6-3-7-12-21/h2-7,9-12,14-15,22-23H,8,13,16-18H2,1H3. The second-order valence-electron chi connectivity index (χ2n) is 8.76. The molecule has 0 N–H and O–H groups in total. The molecular formula is C28H27ClN2O2S. The van der Waals surface area contributed by atoms with Crippen LogP contribution >= 0.6 is 22.9 Å². The van der Waals surface area contributed by atoms with Crippen LogP contribution in [0.2, 0.25) is 5.02 Å².